The molecule has 22 heavy (non-hydrogen) atoms. The number of aryl methyl sites for hydroxylation is 1. The number of nitrogens with zero attached hydrogens (tertiary/aromatic N) is 4. The Bertz CT molecular complexity index is 892. The molecule has 0 spiro atoms. The van der Waals surface area contributed by atoms with Gasteiger partial charge in [-0.05, 0) is 19.1 Å². The van der Waals surface area contributed by atoms with Crippen LogP contribution >= 0.6 is 11.8 Å². The van der Waals surface area contributed by atoms with Gasteiger partial charge in [-0.25, -0.2) is 4.98 Å². The van der Waals surface area contributed by atoms with Gasteiger partial charge in [0.1, 0.15) is 5.49 Å². The molecule has 3 aromatic rings. The number of thioether (sulfide) groups is 1. The summed E-state index contributed by atoms with van der Waals surface area (Å²) in [6, 6.07) is 9.84. The molecule has 0 bridgehead atoms. The quantitative estimate of drug-likeness (QED) is 0.458. The van der Waals surface area contributed by atoms with E-state index in [0.717, 1.165) is 33.2 Å². The summed E-state index contributed by atoms with van der Waals surface area (Å²) in [6.45, 7) is 5.93. The topological polar surface area (TPSA) is 59.5 Å². The summed E-state index contributed by atoms with van der Waals surface area (Å²) in [5.74, 6) is 0.766. The van der Waals surface area contributed by atoms with Crippen molar-refractivity contribution in [3.05, 3.63) is 54.2 Å². The number of benzene rings is 1. The van der Waals surface area contributed by atoms with E-state index in [9.17, 15) is 0 Å². The zero-order valence-corrected chi connectivity index (χ0v) is 13.4. The molecule has 5 nitrogen and oxygen atoms in total. The number of rotatable bonds is 4. The molecule has 3 rings (SSSR count). The van der Waals surface area contributed by atoms with Crippen molar-refractivity contribution < 1.29 is 0 Å². The van der Waals surface area contributed by atoms with Crippen LogP contribution in [0.1, 0.15) is 6.92 Å². The first-order valence-electron chi connectivity index (χ1n) is 6.90. The summed E-state index contributed by atoms with van der Waals surface area (Å²) < 4.78 is 3.56. The van der Waals surface area contributed by atoms with Gasteiger partial charge in [0.25, 0.3) is 0 Å². The first-order chi connectivity index (χ1) is 10.6. The van der Waals surface area contributed by atoms with Crippen molar-refractivity contribution in [1.29, 1.82) is 5.41 Å². The number of aromatic nitrogens is 4. The number of hydrogen-bond donors (Lipinski definition) is 1. The Hall–Kier alpha value is -2.34. The monoisotopic (exact) mass is 311 g/mol. The third-order valence-electron chi connectivity index (χ3n) is 3.24. The number of hydrogen-bond acceptors (Lipinski definition) is 4. The van der Waals surface area contributed by atoms with Gasteiger partial charge < -0.3 is 0 Å². The van der Waals surface area contributed by atoms with Crippen LogP contribution in [-0.2, 0) is 7.05 Å². The Morgan fingerprint density at radius 2 is 2.05 bits per heavy atom. The highest BCUT2D eigenvalue weighted by Gasteiger charge is 2.13. The van der Waals surface area contributed by atoms with Crippen molar-refractivity contribution in [2.75, 3.05) is 5.75 Å². The lowest BCUT2D eigenvalue weighted by Gasteiger charge is -2.13. The fourth-order valence-corrected chi connectivity index (χ4v) is 3.04. The SMILES string of the molecule is C=C(C)CSc1nc2c(cnn2C)c(=N)n1-c1ccccc1. The Kier molecular flexibility index (Phi) is 3.85. The van der Waals surface area contributed by atoms with Crippen LogP contribution in [0.15, 0.2) is 53.8 Å². The molecule has 112 valence electrons. The van der Waals surface area contributed by atoms with E-state index in [1.54, 1.807) is 22.6 Å². The predicted molar refractivity (Wildman–Crippen MR) is 89.2 cm³/mol. The molecule has 0 atom stereocenters. The summed E-state index contributed by atoms with van der Waals surface area (Å²) in [4.78, 5) is 4.71. The second-order valence-electron chi connectivity index (χ2n) is 5.17. The lowest BCUT2D eigenvalue weighted by molar-refractivity contribution is 0.749. The van der Waals surface area contributed by atoms with Gasteiger partial charge in [0.15, 0.2) is 10.8 Å². The molecule has 1 aromatic carbocycles. The predicted octanol–water partition coefficient (Wildman–Crippen LogP) is 2.91. The molecule has 0 aliphatic heterocycles. The molecule has 0 radical (unpaired) electrons. The molecule has 0 saturated carbocycles. The summed E-state index contributed by atoms with van der Waals surface area (Å²) >= 11 is 1.58. The van der Waals surface area contributed by atoms with E-state index in [1.165, 1.54) is 0 Å². The molecular weight excluding hydrogens is 294 g/mol. The maximum Gasteiger partial charge on any atom is 0.176 e. The minimum Gasteiger partial charge on any atom is -0.283 e. The van der Waals surface area contributed by atoms with Crippen LogP contribution < -0.4 is 5.49 Å². The van der Waals surface area contributed by atoms with Gasteiger partial charge in [-0.15, -0.1) is 0 Å². The lowest BCUT2D eigenvalue weighted by atomic mass is 10.3. The fraction of sp³-hybridized carbons (Fsp3) is 0.188. The van der Waals surface area contributed by atoms with E-state index in [0.29, 0.717) is 5.49 Å². The van der Waals surface area contributed by atoms with Crippen molar-refractivity contribution in [2.24, 2.45) is 7.05 Å². The molecule has 1 N–H and O–H groups in total. The number of para-hydroxylation sites is 1. The zero-order chi connectivity index (χ0) is 15.7. The van der Waals surface area contributed by atoms with Crippen LogP contribution in [0.25, 0.3) is 16.7 Å². The van der Waals surface area contributed by atoms with Crippen molar-refractivity contribution in [1.82, 2.24) is 19.3 Å². The van der Waals surface area contributed by atoms with Gasteiger partial charge in [-0.3, -0.25) is 14.7 Å². The highest BCUT2D eigenvalue weighted by molar-refractivity contribution is 7.99. The molecule has 0 unspecified atom stereocenters. The fourth-order valence-electron chi connectivity index (χ4n) is 2.19. The van der Waals surface area contributed by atoms with Crippen LogP contribution in [0.5, 0.6) is 0 Å². The van der Waals surface area contributed by atoms with Gasteiger partial charge in [-0.2, -0.15) is 5.10 Å². The molecule has 6 heteroatoms. The first kappa shape index (κ1) is 14.6. The standard InChI is InChI=1S/C16H17N5S/c1-11(2)10-22-16-19-15-13(9-18-20(15)3)14(17)21(16)12-7-5-4-6-8-12/h4-9,17H,1,10H2,2-3H3. The number of fused-ring (bicyclic) bond motifs is 1. The summed E-state index contributed by atoms with van der Waals surface area (Å²) in [5, 5.41) is 14.3. The van der Waals surface area contributed by atoms with Crippen molar-refractivity contribution >= 4 is 22.8 Å². The van der Waals surface area contributed by atoms with E-state index >= 15 is 0 Å². The minimum absolute atomic E-state index is 0.397. The Labute approximate surface area is 132 Å². The maximum atomic E-state index is 8.55. The molecular formula is C16H17N5S. The van der Waals surface area contributed by atoms with Gasteiger partial charge >= 0.3 is 0 Å². The van der Waals surface area contributed by atoms with Crippen molar-refractivity contribution in [3.63, 3.8) is 0 Å². The average Bonchev–Trinajstić information content (AvgIpc) is 2.88. The van der Waals surface area contributed by atoms with Crippen molar-refractivity contribution in [2.45, 2.75) is 12.1 Å². The summed E-state index contributed by atoms with van der Waals surface area (Å²) in [5.41, 5.74) is 3.12. The smallest absolute Gasteiger partial charge is 0.176 e. The highest BCUT2D eigenvalue weighted by atomic mass is 32.2. The zero-order valence-electron chi connectivity index (χ0n) is 12.6. The van der Waals surface area contributed by atoms with Crippen LogP contribution in [0.3, 0.4) is 0 Å². The molecule has 2 aromatic heterocycles. The lowest BCUT2D eigenvalue weighted by Crippen LogP contribution is -2.22. The molecule has 0 aliphatic rings. The molecule has 0 fully saturated rings. The van der Waals surface area contributed by atoms with Crippen LogP contribution in [0.4, 0.5) is 0 Å². The maximum absolute atomic E-state index is 8.55. The summed E-state index contributed by atoms with van der Waals surface area (Å²) in [7, 11) is 1.84. The van der Waals surface area contributed by atoms with Gasteiger partial charge in [0, 0.05) is 18.5 Å². The van der Waals surface area contributed by atoms with E-state index < -0.39 is 0 Å². The normalized spacial score (nSPS) is 11.0. The highest BCUT2D eigenvalue weighted by Crippen LogP contribution is 2.22. The van der Waals surface area contributed by atoms with Crippen LogP contribution in [0.2, 0.25) is 0 Å². The second kappa shape index (κ2) is 5.81. The first-order valence-corrected chi connectivity index (χ1v) is 7.88. The molecule has 0 amide bonds. The molecule has 2 heterocycles. The van der Waals surface area contributed by atoms with Gasteiger partial charge in [-0.1, -0.05) is 42.1 Å². The Morgan fingerprint density at radius 1 is 1.32 bits per heavy atom. The van der Waals surface area contributed by atoms with Crippen LogP contribution in [0, 0.1) is 5.41 Å². The average molecular weight is 311 g/mol. The minimum atomic E-state index is 0.397. The number of nitrogens with one attached hydrogen (secondary N) is 1. The Morgan fingerprint density at radius 3 is 2.73 bits per heavy atom. The van der Waals surface area contributed by atoms with Crippen molar-refractivity contribution in [3.8, 4) is 5.69 Å². The summed E-state index contributed by atoms with van der Waals surface area (Å²) in [6.07, 6.45) is 1.69. The van der Waals surface area contributed by atoms with E-state index in [-0.39, 0.29) is 0 Å². The molecule has 0 aliphatic carbocycles. The third kappa shape index (κ3) is 2.57. The Balaban J connectivity index is 2.27. The second-order valence-corrected chi connectivity index (χ2v) is 6.11. The van der Waals surface area contributed by atoms with E-state index in [1.807, 2.05) is 48.9 Å². The van der Waals surface area contributed by atoms with Gasteiger partial charge in [0.2, 0.25) is 0 Å². The largest absolute Gasteiger partial charge is 0.283 e. The molecule has 0 saturated heterocycles. The van der Waals surface area contributed by atoms with Gasteiger partial charge in [0.05, 0.1) is 11.6 Å². The van der Waals surface area contributed by atoms with Crippen LogP contribution in [-0.4, -0.2) is 25.1 Å². The van der Waals surface area contributed by atoms with E-state index in [2.05, 4.69) is 11.7 Å². The third-order valence-corrected chi connectivity index (χ3v) is 4.41. The van der Waals surface area contributed by atoms with E-state index in [4.69, 9.17) is 10.4 Å².